The molecule has 0 spiro atoms. The first-order chi connectivity index (χ1) is 14.8. The number of hydrogen-bond acceptors (Lipinski definition) is 6. The highest BCUT2D eigenvalue weighted by Gasteiger charge is 2.17. The van der Waals surface area contributed by atoms with Gasteiger partial charge in [-0.1, -0.05) is 29.8 Å². The van der Waals surface area contributed by atoms with Crippen LogP contribution in [-0.4, -0.2) is 23.1 Å². The largest absolute Gasteiger partial charge is 0.489 e. The van der Waals surface area contributed by atoms with Crippen LogP contribution in [0.5, 0.6) is 11.5 Å². The maximum Gasteiger partial charge on any atom is 0.155 e. The second-order valence-corrected chi connectivity index (χ2v) is 7.26. The highest BCUT2D eigenvalue weighted by atomic mass is 16.5. The Morgan fingerprint density at radius 1 is 1.07 bits per heavy atom. The zero-order valence-corrected chi connectivity index (χ0v) is 16.7. The normalized spacial score (nSPS) is 12.6. The number of anilines is 3. The lowest BCUT2D eigenvalue weighted by molar-refractivity contribution is 0.306. The molecule has 0 radical (unpaired) electrons. The molecule has 3 aromatic carbocycles. The molecule has 4 aromatic rings. The van der Waals surface area contributed by atoms with E-state index < -0.39 is 0 Å². The van der Waals surface area contributed by atoms with Crippen molar-refractivity contribution in [2.24, 2.45) is 0 Å². The number of benzene rings is 3. The van der Waals surface area contributed by atoms with Gasteiger partial charge in [0.25, 0.3) is 0 Å². The summed E-state index contributed by atoms with van der Waals surface area (Å²) in [5, 5.41) is 7.63. The Balaban J connectivity index is 1.35. The summed E-state index contributed by atoms with van der Waals surface area (Å²) in [4.78, 5) is 8.84. The molecule has 0 saturated carbocycles. The summed E-state index contributed by atoms with van der Waals surface area (Å²) >= 11 is 0. The van der Waals surface area contributed by atoms with Crippen LogP contribution in [0.15, 0.2) is 67.0 Å². The second-order valence-electron chi connectivity index (χ2n) is 7.26. The molecule has 0 unspecified atom stereocenters. The maximum atomic E-state index is 5.92. The molecule has 6 heteroatoms. The van der Waals surface area contributed by atoms with E-state index in [2.05, 4.69) is 45.7 Å². The SMILES string of the molecule is Cc1cccc(COc2ccc(Nc3ncnc4ccc5c(c34)OCCN5)cc2)c1. The van der Waals surface area contributed by atoms with Gasteiger partial charge in [-0.05, 0) is 48.9 Å². The molecular formula is C24H22N4O2. The minimum atomic E-state index is 0.543. The smallest absolute Gasteiger partial charge is 0.155 e. The van der Waals surface area contributed by atoms with E-state index in [1.165, 1.54) is 5.56 Å². The van der Waals surface area contributed by atoms with Gasteiger partial charge < -0.3 is 20.1 Å². The average Bonchev–Trinajstić information content (AvgIpc) is 2.79. The Labute approximate surface area is 174 Å². The lowest BCUT2D eigenvalue weighted by Crippen LogP contribution is -2.18. The van der Waals surface area contributed by atoms with Crippen LogP contribution in [-0.2, 0) is 6.61 Å². The first-order valence-corrected chi connectivity index (χ1v) is 9.96. The predicted octanol–water partition coefficient (Wildman–Crippen LogP) is 5.07. The van der Waals surface area contributed by atoms with Crippen molar-refractivity contribution in [1.29, 1.82) is 0 Å². The van der Waals surface area contributed by atoms with Gasteiger partial charge >= 0.3 is 0 Å². The molecule has 1 aromatic heterocycles. The summed E-state index contributed by atoms with van der Waals surface area (Å²) in [6, 6.07) is 20.2. The fraction of sp³-hybridized carbons (Fsp3) is 0.167. The van der Waals surface area contributed by atoms with Crippen LogP contribution in [0.1, 0.15) is 11.1 Å². The standard InChI is InChI=1S/C24H22N4O2/c1-16-3-2-4-17(13-16)14-30-19-7-5-18(6-8-19)28-24-22-20(26-15-27-24)9-10-21-23(22)29-12-11-25-21/h2-10,13,15,25H,11-12,14H2,1H3,(H,26,27,28). The predicted molar refractivity (Wildman–Crippen MR) is 119 cm³/mol. The third-order valence-corrected chi connectivity index (χ3v) is 5.03. The van der Waals surface area contributed by atoms with Gasteiger partial charge in [-0.2, -0.15) is 0 Å². The van der Waals surface area contributed by atoms with E-state index in [0.29, 0.717) is 19.0 Å². The molecule has 6 nitrogen and oxygen atoms in total. The van der Waals surface area contributed by atoms with Crippen molar-refractivity contribution in [2.45, 2.75) is 13.5 Å². The number of ether oxygens (including phenoxy) is 2. The molecule has 0 fully saturated rings. The van der Waals surface area contributed by atoms with Crippen LogP contribution in [0.3, 0.4) is 0 Å². The van der Waals surface area contributed by atoms with Crippen molar-refractivity contribution in [2.75, 3.05) is 23.8 Å². The Hall–Kier alpha value is -3.80. The van der Waals surface area contributed by atoms with E-state index in [-0.39, 0.29) is 0 Å². The minimum Gasteiger partial charge on any atom is -0.489 e. The molecule has 30 heavy (non-hydrogen) atoms. The van der Waals surface area contributed by atoms with Crippen LogP contribution < -0.4 is 20.1 Å². The van der Waals surface area contributed by atoms with Crippen molar-refractivity contribution in [3.63, 3.8) is 0 Å². The lowest BCUT2D eigenvalue weighted by atomic mass is 10.1. The molecule has 2 heterocycles. The van der Waals surface area contributed by atoms with Gasteiger partial charge in [0, 0.05) is 12.2 Å². The highest BCUT2D eigenvalue weighted by molar-refractivity contribution is 5.99. The van der Waals surface area contributed by atoms with E-state index in [4.69, 9.17) is 9.47 Å². The number of nitrogens with one attached hydrogen (secondary N) is 2. The Bertz CT molecular complexity index is 1190. The molecule has 1 aliphatic heterocycles. The number of aryl methyl sites for hydroxylation is 1. The second kappa shape index (κ2) is 7.91. The molecule has 0 saturated heterocycles. The van der Waals surface area contributed by atoms with Crippen LogP contribution in [0.25, 0.3) is 10.9 Å². The topological polar surface area (TPSA) is 68.3 Å². The molecule has 0 atom stereocenters. The van der Waals surface area contributed by atoms with Crippen molar-refractivity contribution >= 4 is 28.1 Å². The van der Waals surface area contributed by atoms with Crippen LogP contribution in [0.2, 0.25) is 0 Å². The molecule has 1 aliphatic rings. The average molecular weight is 398 g/mol. The van der Waals surface area contributed by atoms with Gasteiger partial charge in [0.15, 0.2) is 5.75 Å². The summed E-state index contributed by atoms with van der Waals surface area (Å²) in [6.07, 6.45) is 1.56. The van der Waals surface area contributed by atoms with E-state index in [0.717, 1.165) is 45.9 Å². The maximum absolute atomic E-state index is 5.92. The Morgan fingerprint density at radius 3 is 2.83 bits per heavy atom. The monoisotopic (exact) mass is 398 g/mol. The van der Waals surface area contributed by atoms with E-state index in [1.54, 1.807) is 6.33 Å². The third-order valence-electron chi connectivity index (χ3n) is 5.03. The zero-order valence-electron chi connectivity index (χ0n) is 16.7. The number of fused-ring (bicyclic) bond motifs is 3. The van der Waals surface area contributed by atoms with Crippen molar-refractivity contribution in [3.05, 3.63) is 78.1 Å². The lowest BCUT2D eigenvalue weighted by Gasteiger charge is -2.21. The van der Waals surface area contributed by atoms with Crippen molar-refractivity contribution in [3.8, 4) is 11.5 Å². The summed E-state index contributed by atoms with van der Waals surface area (Å²) in [7, 11) is 0. The first-order valence-electron chi connectivity index (χ1n) is 9.96. The summed E-state index contributed by atoms with van der Waals surface area (Å²) < 4.78 is 11.8. The molecule has 5 rings (SSSR count). The molecule has 0 amide bonds. The summed E-state index contributed by atoms with van der Waals surface area (Å²) in [6.45, 7) is 4.03. The van der Waals surface area contributed by atoms with Gasteiger partial charge in [0.2, 0.25) is 0 Å². The molecule has 0 aliphatic carbocycles. The third kappa shape index (κ3) is 3.72. The minimum absolute atomic E-state index is 0.543. The molecule has 2 N–H and O–H groups in total. The fourth-order valence-corrected chi connectivity index (χ4v) is 3.58. The number of nitrogens with zero attached hydrogens (tertiary/aromatic N) is 2. The van der Waals surface area contributed by atoms with Crippen LogP contribution in [0, 0.1) is 6.92 Å². The Morgan fingerprint density at radius 2 is 1.97 bits per heavy atom. The van der Waals surface area contributed by atoms with E-state index in [9.17, 15) is 0 Å². The first kappa shape index (κ1) is 18.2. The van der Waals surface area contributed by atoms with Crippen molar-refractivity contribution < 1.29 is 9.47 Å². The summed E-state index contributed by atoms with van der Waals surface area (Å²) in [5.41, 5.74) is 5.11. The van der Waals surface area contributed by atoms with Gasteiger partial charge in [0.05, 0.1) is 16.6 Å². The van der Waals surface area contributed by atoms with Crippen LogP contribution in [0.4, 0.5) is 17.2 Å². The number of aromatic nitrogens is 2. The van der Waals surface area contributed by atoms with E-state index >= 15 is 0 Å². The van der Waals surface area contributed by atoms with Crippen molar-refractivity contribution in [1.82, 2.24) is 9.97 Å². The Kier molecular flexibility index (Phi) is 4.81. The fourth-order valence-electron chi connectivity index (χ4n) is 3.58. The number of hydrogen-bond donors (Lipinski definition) is 2. The van der Waals surface area contributed by atoms with Gasteiger partial charge in [-0.3, -0.25) is 0 Å². The van der Waals surface area contributed by atoms with E-state index in [1.807, 2.05) is 42.5 Å². The zero-order chi connectivity index (χ0) is 20.3. The molecule has 0 bridgehead atoms. The molecule has 150 valence electrons. The van der Waals surface area contributed by atoms with Gasteiger partial charge in [0.1, 0.15) is 31.1 Å². The quantitative estimate of drug-likeness (QED) is 0.489. The van der Waals surface area contributed by atoms with Crippen LogP contribution >= 0.6 is 0 Å². The van der Waals surface area contributed by atoms with Gasteiger partial charge in [-0.15, -0.1) is 0 Å². The molecular weight excluding hydrogens is 376 g/mol. The highest BCUT2D eigenvalue weighted by Crippen LogP contribution is 2.39. The number of rotatable bonds is 5. The summed E-state index contributed by atoms with van der Waals surface area (Å²) in [5.74, 6) is 2.33. The van der Waals surface area contributed by atoms with Gasteiger partial charge in [-0.25, -0.2) is 9.97 Å².